The summed E-state index contributed by atoms with van der Waals surface area (Å²) in [5, 5.41) is 23.7. The van der Waals surface area contributed by atoms with Gasteiger partial charge in [0.2, 0.25) is 5.91 Å². The number of rotatable bonds is 42. The van der Waals surface area contributed by atoms with Crippen molar-refractivity contribution in [3.8, 4) is 0 Å². The van der Waals surface area contributed by atoms with Crippen LogP contribution in [0.2, 0.25) is 0 Å². The SMILES string of the molecule is CC/C=C/C=C/C=C/CCCCCCCCCC(=O)OC(CCCCC/C=C\CCCC)CC(=O)NC(CO)C(O)CCCCCCCCCCCCCCC. The number of nitrogens with one attached hydrogen (secondary N) is 1. The molecule has 0 saturated heterocycles. The van der Waals surface area contributed by atoms with E-state index in [9.17, 15) is 19.8 Å². The molecule has 0 heterocycles. The summed E-state index contributed by atoms with van der Waals surface area (Å²) in [7, 11) is 0. The highest BCUT2D eigenvalue weighted by Crippen LogP contribution is 2.17. The lowest BCUT2D eigenvalue weighted by Gasteiger charge is -2.24. The molecule has 0 aliphatic heterocycles. The molecule has 326 valence electrons. The van der Waals surface area contributed by atoms with Crippen LogP contribution in [0.1, 0.15) is 233 Å². The number of ether oxygens (including phenoxy) is 1. The van der Waals surface area contributed by atoms with Crippen molar-refractivity contribution in [2.75, 3.05) is 6.61 Å². The van der Waals surface area contributed by atoms with Crippen LogP contribution in [0.25, 0.3) is 0 Å². The Balaban J connectivity index is 4.52. The Morgan fingerprint density at radius 1 is 0.536 bits per heavy atom. The fourth-order valence-electron chi connectivity index (χ4n) is 7.06. The number of carbonyl (C=O) groups excluding carboxylic acids is 2. The minimum absolute atomic E-state index is 0.0615. The van der Waals surface area contributed by atoms with Crippen molar-refractivity contribution in [1.29, 1.82) is 0 Å². The Hall–Kier alpha value is -2.18. The molecule has 0 rings (SSSR count). The van der Waals surface area contributed by atoms with Crippen LogP contribution in [-0.4, -0.2) is 46.9 Å². The third-order valence-corrected chi connectivity index (χ3v) is 10.7. The molecule has 3 N–H and O–H groups in total. The molecule has 0 bridgehead atoms. The number of amides is 1. The topological polar surface area (TPSA) is 95.9 Å². The molecule has 0 aromatic carbocycles. The van der Waals surface area contributed by atoms with Crippen molar-refractivity contribution in [1.82, 2.24) is 5.32 Å². The van der Waals surface area contributed by atoms with Crippen molar-refractivity contribution in [3.63, 3.8) is 0 Å². The molecule has 0 saturated carbocycles. The zero-order chi connectivity index (χ0) is 41.0. The van der Waals surface area contributed by atoms with Crippen molar-refractivity contribution in [2.45, 2.75) is 251 Å². The molecule has 0 aromatic rings. The van der Waals surface area contributed by atoms with Crippen LogP contribution in [0.15, 0.2) is 48.6 Å². The van der Waals surface area contributed by atoms with Crippen LogP contribution in [0.4, 0.5) is 0 Å². The molecule has 0 spiro atoms. The molecule has 0 aliphatic rings. The Kier molecular flexibility index (Phi) is 42.2. The van der Waals surface area contributed by atoms with E-state index in [1.54, 1.807) is 0 Å². The van der Waals surface area contributed by atoms with E-state index < -0.39 is 18.2 Å². The van der Waals surface area contributed by atoms with E-state index in [0.29, 0.717) is 19.3 Å². The molecule has 0 fully saturated rings. The highest BCUT2D eigenvalue weighted by Gasteiger charge is 2.24. The summed E-state index contributed by atoms with van der Waals surface area (Å²) in [4.78, 5) is 26.0. The van der Waals surface area contributed by atoms with Gasteiger partial charge in [0.1, 0.15) is 6.10 Å². The van der Waals surface area contributed by atoms with E-state index in [4.69, 9.17) is 4.74 Å². The van der Waals surface area contributed by atoms with Gasteiger partial charge in [0.15, 0.2) is 0 Å². The second-order valence-corrected chi connectivity index (χ2v) is 16.2. The standard InChI is InChI=1S/C50H91NO5/c1-4-7-10-13-16-19-21-23-24-26-28-31-34-37-40-43-50(55)56-46(41-38-35-32-29-18-15-12-9-6-3)44-49(54)51-47(45-52)48(53)42-39-36-33-30-27-25-22-20-17-14-11-8-5-2/h7,10,13,15-16,18-19,21,46-48,52-53H,4-6,8-9,11-12,14,17,20,22-45H2,1-3H3,(H,51,54)/b10-7+,16-13+,18-15-,21-19+. The van der Waals surface area contributed by atoms with Crippen molar-refractivity contribution >= 4 is 11.9 Å². The molecule has 3 atom stereocenters. The largest absolute Gasteiger partial charge is 0.462 e. The zero-order valence-electron chi connectivity index (χ0n) is 37.0. The van der Waals surface area contributed by atoms with Gasteiger partial charge in [-0.15, -0.1) is 0 Å². The lowest BCUT2D eigenvalue weighted by atomic mass is 10.0. The van der Waals surface area contributed by atoms with Gasteiger partial charge in [-0.2, -0.15) is 0 Å². The number of aliphatic hydroxyl groups excluding tert-OH is 2. The number of unbranched alkanes of at least 4 members (excludes halogenated alkanes) is 24. The Morgan fingerprint density at radius 2 is 1.00 bits per heavy atom. The molecular formula is C50H91NO5. The fourth-order valence-corrected chi connectivity index (χ4v) is 7.06. The number of hydrogen-bond acceptors (Lipinski definition) is 5. The molecule has 3 unspecified atom stereocenters. The molecule has 0 aromatic heterocycles. The Morgan fingerprint density at radius 3 is 1.57 bits per heavy atom. The van der Waals surface area contributed by atoms with Gasteiger partial charge in [0.05, 0.1) is 25.2 Å². The van der Waals surface area contributed by atoms with E-state index in [-0.39, 0.29) is 24.9 Å². The first-order valence-electron chi connectivity index (χ1n) is 23.9. The minimum Gasteiger partial charge on any atom is -0.462 e. The van der Waals surface area contributed by atoms with Crippen LogP contribution in [0, 0.1) is 0 Å². The lowest BCUT2D eigenvalue weighted by Crippen LogP contribution is -2.46. The van der Waals surface area contributed by atoms with Gasteiger partial charge < -0.3 is 20.3 Å². The molecule has 0 radical (unpaired) electrons. The maximum absolute atomic E-state index is 13.1. The normalized spacial score (nSPS) is 13.7. The van der Waals surface area contributed by atoms with E-state index in [1.165, 1.54) is 103 Å². The predicted molar refractivity (Wildman–Crippen MR) is 241 cm³/mol. The van der Waals surface area contributed by atoms with Gasteiger partial charge in [-0.3, -0.25) is 9.59 Å². The average molecular weight is 786 g/mol. The maximum atomic E-state index is 13.1. The number of hydrogen-bond donors (Lipinski definition) is 3. The molecule has 56 heavy (non-hydrogen) atoms. The van der Waals surface area contributed by atoms with Crippen molar-refractivity contribution in [2.24, 2.45) is 0 Å². The highest BCUT2D eigenvalue weighted by atomic mass is 16.5. The number of aliphatic hydroxyl groups is 2. The predicted octanol–water partition coefficient (Wildman–Crippen LogP) is 13.9. The van der Waals surface area contributed by atoms with Gasteiger partial charge in [-0.1, -0.05) is 204 Å². The van der Waals surface area contributed by atoms with Gasteiger partial charge in [-0.25, -0.2) is 0 Å². The smallest absolute Gasteiger partial charge is 0.306 e. The summed E-state index contributed by atoms with van der Waals surface area (Å²) in [6.07, 6.45) is 51.7. The summed E-state index contributed by atoms with van der Waals surface area (Å²) in [6, 6.07) is -0.706. The van der Waals surface area contributed by atoms with Crippen molar-refractivity contribution < 1.29 is 24.5 Å². The monoisotopic (exact) mass is 786 g/mol. The summed E-state index contributed by atoms with van der Waals surface area (Å²) in [5.41, 5.74) is 0. The van der Waals surface area contributed by atoms with Crippen LogP contribution < -0.4 is 5.32 Å². The first kappa shape index (κ1) is 53.8. The first-order valence-corrected chi connectivity index (χ1v) is 23.9. The van der Waals surface area contributed by atoms with Gasteiger partial charge in [0, 0.05) is 6.42 Å². The first-order chi connectivity index (χ1) is 27.5. The lowest BCUT2D eigenvalue weighted by molar-refractivity contribution is -0.151. The number of esters is 1. The van der Waals surface area contributed by atoms with Crippen LogP contribution in [0.3, 0.4) is 0 Å². The highest BCUT2D eigenvalue weighted by molar-refractivity contribution is 5.77. The number of allylic oxidation sites excluding steroid dienone is 8. The number of carbonyl (C=O) groups is 2. The summed E-state index contributed by atoms with van der Waals surface area (Å²) < 4.78 is 5.89. The summed E-state index contributed by atoms with van der Waals surface area (Å²) in [5.74, 6) is -0.505. The zero-order valence-corrected chi connectivity index (χ0v) is 37.0. The van der Waals surface area contributed by atoms with Gasteiger partial charge >= 0.3 is 5.97 Å². The Bertz CT molecular complexity index is 972. The fraction of sp³-hybridized carbons (Fsp3) is 0.800. The Labute approximate surface area is 346 Å². The summed E-state index contributed by atoms with van der Waals surface area (Å²) in [6.45, 7) is 6.30. The molecule has 1 amide bonds. The molecule has 6 heteroatoms. The maximum Gasteiger partial charge on any atom is 0.306 e. The molecular weight excluding hydrogens is 695 g/mol. The van der Waals surface area contributed by atoms with E-state index in [2.05, 4.69) is 74.7 Å². The van der Waals surface area contributed by atoms with E-state index in [1.807, 2.05) is 0 Å². The molecule has 0 aliphatic carbocycles. The van der Waals surface area contributed by atoms with Gasteiger partial charge in [0.25, 0.3) is 0 Å². The second-order valence-electron chi connectivity index (χ2n) is 16.2. The molecule has 6 nitrogen and oxygen atoms in total. The van der Waals surface area contributed by atoms with E-state index >= 15 is 0 Å². The van der Waals surface area contributed by atoms with Gasteiger partial charge in [-0.05, 0) is 64.2 Å². The quantitative estimate of drug-likeness (QED) is 0.0248. The van der Waals surface area contributed by atoms with Crippen LogP contribution in [-0.2, 0) is 14.3 Å². The third-order valence-electron chi connectivity index (χ3n) is 10.7. The third kappa shape index (κ3) is 38.7. The van der Waals surface area contributed by atoms with Crippen LogP contribution in [0.5, 0.6) is 0 Å². The average Bonchev–Trinajstić information content (AvgIpc) is 3.19. The minimum atomic E-state index is -0.791. The van der Waals surface area contributed by atoms with Crippen molar-refractivity contribution in [3.05, 3.63) is 48.6 Å². The summed E-state index contributed by atoms with van der Waals surface area (Å²) >= 11 is 0. The van der Waals surface area contributed by atoms with E-state index in [0.717, 1.165) is 83.5 Å². The second kappa shape index (κ2) is 43.9. The van der Waals surface area contributed by atoms with Crippen LogP contribution >= 0.6 is 0 Å².